The molecule has 1 amide bonds. The lowest BCUT2D eigenvalue weighted by molar-refractivity contribution is -0.144. The number of nitrogens with two attached hydrogens (primary N) is 5. The Morgan fingerprint density at radius 1 is 0.697 bits per heavy atom. The highest BCUT2D eigenvalue weighted by molar-refractivity contribution is 5.80. The lowest BCUT2D eigenvalue weighted by Gasteiger charge is -2.07. The number of rotatable bonds is 11. The lowest BCUT2D eigenvalue weighted by atomic mass is 10.1. The van der Waals surface area contributed by atoms with Crippen molar-refractivity contribution < 1.29 is 54.3 Å². The molecule has 0 bridgehead atoms. The van der Waals surface area contributed by atoms with Crippen LogP contribution in [0.5, 0.6) is 0 Å². The van der Waals surface area contributed by atoms with E-state index in [0.717, 1.165) is 0 Å². The Hall–Kier alpha value is -3.34. The van der Waals surface area contributed by atoms with E-state index in [1.165, 1.54) is 0 Å². The predicted molar refractivity (Wildman–Crippen MR) is 114 cm³/mol. The van der Waals surface area contributed by atoms with E-state index in [0.29, 0.717) is 12.3 Å². The third-order valence-corrected chi connectivity index (χ3v) is 2.95. The van der Waals surface area contributed by atoms with E-state index >= 15 is 0 Å². The molecule has 0 spiro atoms. The van der Waals surface area contributed by atoms with Gasteiger partial charge in [0.25, 0.3) is 0 Å². The highest BCUT2D eigenvalue weighted by Crippen LogP contribution is 2.01. The number of primary amides is 1. The Morgan fingerprint density at radius 2 is 1.06 bits per heavy atom. The van der Waals surface area contributed by atoms with Crippen molar-refractivity contribution in [3.8, 4) is 0 Å². The Balaban J connectivity index is -0.000000174. The average molecular weight is 485 g/mol. The van der Waals surface area contributed by atoms with E-state index in [2.05, 4.69) is 5.73 Å². The Kier molecular flexibility index (Phi) is 24.5. The van der Waals surface area contributed by atoms with Crippen LogP contribution in [0.4, 0.5) is 0 Å². The second-order valence-corrected chi connectivity index (χ2v) is 6.66. The number of carbonyl (C=O) groups is 6. The first-order chi connectivity index (χ1) is 14.9. The number of carboxylic acid groups (broad SMARTS) is 5. The van der Waals surface area contributed by atoms with Gasteiger partial charge in [-0.05, 0) is 18.8 Å². The molecule has 0 radical (unpaired) electrons. The van der Waals surface area contributed by atoms with Crippen molar-refractivity contribution >= 4 is 35.8 Å². The average Bonchev–Trinajstić information content (AvgIpc) is 2.66. The Morgan fingerprint density at radius 3 is 1.21 bits per heavy atom. The van der Waals surface area contributed by atoms with E-state index in [4.69, 9.17) is 48.5 Å². The van der Waals surface area contributed by atoms with Crippen LogP contribution in [0.2, 0.25) is 0 Å². The van der Waals surface area contributed by atoms with Gasteiger partial charge in [0.05, 0.1) is 13.0 Å². The van der Waals surface area contributed by atoms with E-state index in [-0.39, 0.29) is 19.4 Å². The highest BCUT2D eigenvalue weighted by Gasteiger charge is 2.14. The first-order valence-corrected chi connectivity index (χ1v) is 9.25. The van der Waals surface area contributed by atoms with Gasteiger partial charge in [-0.25, -0.2) is 0 Å². The van der Waals surface area contributed by atoms with Crippen molar-refractivity contribution in [1.29, 1.82) is 0 Å². The lowest BCUT2D eigenvalue weighted by Crippen LogP contribution is -2.32. The first-order valence-electron chi connectivity index (χ1n) is 9.25. The molecule has 0 aliphatic carbocycles. The summed E-state index contributed by atoms with van der Waals surface area (Å²) in [4.78, 5) is 59.1. The minimum absolute atomic E-state index is 0.0213. The van der Waals surface area contributed by atoms with Gasteiger partial charge in [0.2, 0.25) is 5.91 Å². The molecule has 0 rings (SSSR count). The molecule has 3 unspecified atom stereocenters. The van der Waals surface area contributed by atoms with Gasteiger partial charge >= 0.3 is 29.8 Å². The molecule has 33 heavy (non-hydrogen) atoms. The third-order valence-electron chi connectivity index (χ3n) is 2.95. The second kappa shape index (κ2) is 21.9. The molecule has 0 heterocycles. The summed E-state index contributed by atoms with van der Waals surface area (Å²) in [7, 11) is 0. The van der Waals surface area contributed by atoms with E-state index < -0.39 is 60.3 Å². The van der Waals surface area contributed by atoms with E-state index in [1.54, 1.807) is 0 Å². The normalized spacial score (nSPS) is 12.1. The quantitative estimate of drug-likeness (QED) is 0.139. The molecule has 15 N–H and O–H groups in total. The van der Waals surface area contributed by atoms with Gasteiger partial charge < -0.3 is 54.2 Å². The molecule has 0 aliphatic rings. The zero-order valence-electron chi connectivity index (χ0n) is 18.4. The summed E-state index contributed by atoms with van der Waals surface area (Å²) in [6.45, 7) is 3.62. The molecule has 194 valence electrons. The maximum atomic E-state index is 10.1. The predicted octanol–water partition coefficient (Wildman–Crippen LogP) is -2.99. The molecule has 0 aromatic rings. The van der Waals surface area contributed by atoms with Gasteiger partial charge in [0, 0.05) is 6.42 Å². The molecule has 0 aromatic carbocycles. The van der Waals surface area contributed by atoms with Crippen molar-refractivity contribution in [3.05, 3.63) is 0 Å². The number of hydrogen-bond donors (Lipinski definition) is 10. The highest BCUT2D eigenvalue weighted by atomic mass is 16.4. The topological polar surface area (TPSA) is 334 Å². The molecule has 0 aromatic heterocycles. The van der Waals surface area contributed by atoms with Gasteiger partial charge in [0.15, 0.2) is 0 Å². The monoisotopic (exact) mass is 485 g/mol. The molecule has 16 nitrogen and oxygen atoms in total. The van der Waals surface area contributed by atoms with Crippen molar-refractivity contribution in [2.75, 3.05) is 6.54 Å². The van der Waals surface area contributed by atoms with Crippen LogP contribution in [-0.4, -0.2) is 86.0 Å². The van der Waals surface area contributed by atoms with Gasteiger partial charge in [-0.15, -0.1) is 0 Å². The number of amides is 1. The Bertz CT molecular complexity index is 628. The summed E-state index contributed by atoms with van der Waals surface area (Å²) in [5.74, 6) is -5.66. The van der Waals surface area contributed by atoms with Crippen LogP contribution in [0.25, 0.3) is 0 Å². The fourth-order valence-electron chi connectivity index (χ4n) is 1.31. The summed E-state index contributed by atoms with van der Waals surface area (Å²) in [6, 6.07) is -2.96. The van der Waals surface area contributed by atoms with Crippen molar-refractivity contribution in [2.45, 2.75) is 57.7 Å². The molecule has 3 atom stereocenters. The molecular weight excluding hydrogens is 450 g/mol. The van der Waals surface area contributed by atoms with Crippen LogP contribution in [0.15, 0.2) is 0 Å². The van der Waals surface area contributed by atoms with Crippen LogP contribution < -0.4 is 28.7 Å². The summed E-state index contributed by atoms with van der Waals surface area (Å²) >= 11 is 0. The molecular formula is C17H35N5O11. The molecule has 0 saturated carbocycles. The molecule has 0 aliphatic heterocycles. The van der Waals surface area contributed by atoms with Gasteiger partial charge in [0.1, 0.15) is 18.1 Å². The smallest absolute Gasteiger partial charge is 0.321 e. The van der Waals surface area contributed by atoms with Crippen molar-refractivity contribution in [1.82, 2.24) is 0 Å². The first kappa shape index (κ1) is 37.0. The number of aliphatic carboxylic acids is 5. The van der Waals surface area contributed by atoms with Gasteiger partial charge in [-0.1, -0.05) is 13.8 Å². The minimum Gasteiger partial charge on any atom is -0.481 e. The van der Waals surface area contributed by atoms with Gasteiger partial charge in [-0.2, -0.15) is 0 Å². The standard InChI is InChI=1S/C6H13NO2.C5H10N2O3.C4H7NO4.C2H5NO2/c1-4(2)3-5(7)6(8)9;6-3(5(9)10)1-2-4(7)8;5-2(4(8)9)1-3(6)7;3-1-2(4)5/h4-5H,3,7H2,1-2H3,(H,8,9);3H,1-2,6H2,(H2,7,8)(H,9,10);2H,1,5H2,(H,6,7)(H,8,9);1,3H2,(H,4,5). The van der Waals surface area contributed by atoms with Crippen LogP contribution in [-0.2, 0) is 28.8 Å². The summed E-state index contributed by atoms with van der Waals surface area (Å²) in [6.07, 6.45) is 0.142. The minimum atomic E-state index is -1.29. The zero-order valence-corrected chi connectivity index (χ0v) is 18.4. The van der Waals surface area contributed by atoms with Crippen LogP contribution in [0, 0.1) is 5.92 Å². The number of hydrogen-bond acceptors (Lipinski definition) is 10. The molecule has 16 heteroatoms. The summed E-state index contributed by atoms with van der Waals surface area (Å²) in [5.41, 5.74) is 24.4. The van der Waals surface area contributed by atoms with Crippen molar-refractivity contribution in [3.63, 3.8) is 0 Å². The zero-order chi connectivity index (χ0) is 27.3. The number of carbonyl (C=O) groups excluding carboxylic acids is 1. The van der Waals surface area contributed by atoms with Crippen LogP contribution in [0.1, 0.15) is 39.5 Å². The fourth-order valence-corrected chi connectivity index (χ4v) is 1.31. The van der Waals surface area contributed by atoms with E-state index in [9.17, 15) is 28.8 Å². The molecule has 0 fully saturated rings. The third kappa shape index (κ3) is 36.4. The van der Waals surface area contributed by atoms with Crippen LogP contribution in [0.3, 0.4) is 0 Å². The SMILES string of the molecule is CC(C)CC(N)C(=O)O.NC(=O)CCC(N)C(=O)O.NC(CC(=O)O)C(=O)O.NCC(=O)O. The maximum absolute atomic E-state index is 10.1. The van der Waals surface area contributed by atoms with E-state index in [1.807, 2.05) is 13.8 Å². The van der Waals surface area contributed by atoms with Crippen LogP contribution >= 0.6 is 0 Å². The summed E-state index contributed by atoms with van der Waals surface area (Å²) < 4.78 is 0. The molecule has 0 saturated heterocycles. The van der Waals surface area contributed by atoms with Gasteiger partial charge in [-0.3, -0.25) is 28.8 Å². The summed E-state index contributed by atoms with van der Waals surface area (Å²) in [5, 5.41) is 40.2. The van der Waals surface area contributed by atoms with Crippen molar-refractivity contribution in [2.24, 2.45) is 34.6 Å². The fraction of sp³-hybridized carbons (Fsp3) is 0.647. The second-order valence-electron chi connectivity index (χ2n) is 6.66. The maximum Gasteiger partial charge on any atom is 0.321 e. The Labute approximate surface area is 189 Å². The largest absolute Gasteiger partial charge is 0.481 e. The number of carboxylic acids is 5.